The van der Waals surface area contributed by atoms with Crippen molar-refractivity contribution in [2.24, 2.45) is 0 Å². The summed E-state index contributed by atoms with van der Waals surface area (Å²) in [6, 6.07) is 59.5. The Labute approximate surface area is 295 Å². The first-order valence-corrected chi connectivity index (χ1v) is 18.5. The van der Waals surface area contributed by atoms with Crippen LogP contribution in [0.25, 0.3) is 84.2 Å². The molecular weight excluding hydrogens is 647 g/mol. The van der Waals surface area contributed by atoms with E-state index in [1.54, 1.807) is 0 Å². The lowest BCUT2D eigenvalue weighted by atomic mass is 10.0. The first kappa shape index (κ1) is 28.0. The molecule has 0 saturated carbocycles. The van der Waals surface area contributed by atoms with Gasteiger partial charge in [0.2, 0.25) is 0 Å². The number of rotatable bonds is 4. The highest BCUT2D eigenvalue weighted by molar-refractivity contribution is 7.26. The van der Waals surface area contributed by atoms with Crippen LogP contribution >= 0.6 is 22.7 Å². The van der Waals surface area contributed by atoms with Crippen molar-refractivity contribution in [3.05, 3.63) is 164 Å². The standard InChI is InChI=1S/C46H27NOS2/c1-2-10-32-28(9-1)21-25-36-35-14-7-13-33(45(35)48-46(32)36)29-19-22-30(23-20-29)47(31-24-26-42-38(27-31)34-11-3-5-16-40(34)49-42)39-15-8-18-43-44(39)37-12-4-6-17-41(37)50-43/h1-27H. The normalized spacial score (nSPS) is 12.0. The van der Waals surface area contributed by atoms with Crippen LogP contribution in [0.3, 0.4) is 0 Å². The maximum atomic E-state index is 6.71. The molecule has 0 aliphatic heterocycles. The zero-order valence-electron chi connectivity index (χ0n) is 26.8. The number of anilines is 3. The molecule has 11 aromatic rings. The summed E-state index contributed by atoms with van der Waals surface area (Å²) in [6.07, 6.45) is 0. The molecular formula is C46H27NOS2. The monoisotopic (exact) mass is 673 g/mol. The van der Waals surface area contributed by atoms with Crippen LogP contribution in [0, 0.1) is 0 Å². The topological polar surface area (TPSA) is 16.4 Å². The molecule has 11 rings (SSSR count). The number of hydrogen-bond donors (Lipinski definition) is 0. The SMILES string of the molecule is c1ccc2c(c1)ccc1c3cccc(-c4ccc(N(c5ccc6sc7ccccc7c6c5)c5cccc6sc7ccccc7c56)cc4)c3oc21. The maximum absolute atomic E-state index is 6.71. The second-order valence-corrected chi connectivity index (χ2v) is 15.0. The average Bonchev–Trinajstić information content (AvgIpc) is 3.87. The van der Waals surface area contributed by atoms with E-state index in [9.17, 15) is 0 Å². The van der Waals surface area contributed by atoms with Crippen LogP contribution < -0.4 is 4.90 Å². The number of furan rings is 1. The third kappa shape index (κ3) is 4.13. The zero-order valence-corrected chi connectivity index (χ0v) is 28.4. The molecule has 2 nitrogen and oxygen atoms in total. The Hall–Kier alpha value is -5.94. The quantitative estimate of drug-likeness (QED) is 0.185. The third-order valence-electron chi connectivity index (χ3n) is 10.1. The highest BCUT2D eigenvalue weighted by atomic mass is 32.1. The second-order valence-electron chi connectivity index (χ2n) is 12.9. The fourth-order valence-electron chi connectivity index (χ4n) is 7.77. The van der Waals surface area contributed by atoms with Crippen molar-refractivity contribution < 1.29 is 4.42 Å². The number of hydrogen-bond acceptors (Lipinski definition) is 4. The van der Waals surface area contributed by atoms with Gasteiger partial charge in [0.1, 0.15) is 11.2 Å². The summed E-state index contributed by atoms with van der Waals surface area (Å²) < 4.78 is 11.9. The van der Waals surface area contributed by atoms with Crippen molar-refractivity contribution in [1.82, 2.24) is 0 Å². The molecule has 0 bridgehead atoms. The third-order valence-corrected chi connectivity index (χ3v) is 12.4. The van der Waals surface area contributed by atoms with Crippen molar-refractivity contribution in [3.63, 3.8) is 0 Å². The van der Waals surface area contributed by atoms with E-state index in [4.69, 9.17) is 4.42 Å². The van der Waals surface area contributed by atoms with Gasteiger partial charge in [-0.1, -0.05) is 103 Å². The van der Waals surface area contributed by atoms with E-state index in [0.29, 0.717) is 0 Å². The summed E-state index contributed by atoms with van der Waals surface area (Å²) in [5.41, 5.74) is 7.52. The van der Waals surface area contributed by atoms with Crippen LogP contribution in [0.4, 0.5) is 17.1 Å². The Balaban J connectivity index is 1.11. The molecule has 0 amide bonds. The minimum atomic E-state index is 0.924. The van der Waals surface area contributed by atoms with Gasteiger partial charge in [0.05, 0.1) is 5.69 Å². The molecule has 3 aromatic heterocycles. The molecule has 0 aliphatic rings. The summed E-state index contributed by atoms with van der Waals surface area (Å²) in [5.74, 6) is 0. The first-order valence-electron chi connectivity index (χ1n) is 16.8. The molecule has 0 aliphatic carbocycles. The fourth-order valence-corrected chi connectivity index (χ4v) is 9.98. The highest BCUT2D eigenvalue weighted by Gasteiger charge is 2.20. The Morgan fingerprint density at radius 1 is 0.400 bits per heavy atom. The lowest BCUT2D eigenvalue weighted by Crippen LogP contribution is -2.10. The Morgan fingerprint density at radius 3 is 1.92 bits per heavy atom. The maximum Gasteiger partial charge on any atom is 0.143 e. The van der Waals surface area contributed by atoms with E-state index in [0.717, 1.165) is 49.8 Å². The largest absolute Gasteiger partial charge is 0.455 e. The minimum absolute atomic E-state index is 0.924. The van der Waals surface area contributed by atoms with Crippen molar-refractivity contribution in [1.29, 1.82) is 0 Å². The van der Waals surface area contributed by atoms with Crippen LogP contribution in [-0.4, -0.2) is 0 Å². The number of thiophene rings is 2. The molecule has 0 unspecified atom stereocenters. The van der Waals surface area contributed by atoms with Gasteiger partial charge in [-0.3, -0.25) is 0 Å². The number of fused-ring (bicyclic) bond motifs is 11. The summed E-state index contributed by atoms with van der Waals surface area (Å²) >= 11 is 3.71. The number of benzene rings is 8. The van der Waals surface area contributed by atoms with Gasteiger partial charge in [-0.15, -0.1) is 22.7 Å². The van der Waals surface area contributed by atoms with Crippen LogP contribution in [0.5, 0.6) is 0 Å². The van der Waals surface area contributed by atoms with Gasteiger partial charge >= 0.3 is 0 Å². The van der Waals surface area contributed by atoms with Crippen molar-refractivity contribution in [2.75, 3.05) is 4.90 Å². The van der Waals surface area contributed by atoms with Crippen LogP contribution in [0.2, 0.25) is 0 Å². The highest BCUT2D eigenvalue weighted by Crippen LogP contribution is 2.47. The van der Waals surface area contributed by atoms with Gasteiger partial charge in [0, 0.05) is 73.4 Å². The van der Waals surface area contributed by atoms with Gasteiger partial charge in [0.25, 0.3) is 0 Å². The summed E-state index contributed by atoms with van der Waals surface area (Å²) in [6.45, 7) is 0. The van der Waals surface area contributed by atoms with E-state index < -0.39 is 0 Å². The number of nitrogens with zero attached hydrogens (tertiary/aromatic N) is 1. The second kappa shape index (κ2) is 10.8. The fraction of sp³-hybridized carbons (Fsp3) is 0. The number of para-hydroxylation sites is 1. The molecule has 8 aromatic carbocycles. The predicted octanol–water partition coefficient (Wildman–Crippen LogP) is 14.6. The molecule has 0 radical (unpaired) electrons. The first-order chi connectivity index (χ1) is 24.8. The molecule has 0 spiro atoms. The molecule has 0 saturated heterocycles. The summed E-state index contributed by atoms with van der Waals surface area (Å²) in [7, 11) is 0. The Morgan fingerprint density at radius 2 is 1.04 bits per heavy atom. The van der Waals surface area contributed by atoms with E-state index in [1.165, 1.54) is 51.4 Å². The van der Waals surface area contributed by atoms with Gasteiger partial charge in [-0.25, -0.2) is 0 Å². The van der Waals surface area contributed by atoms with Crippen LogP contribution in [0.1, 0.15) is 0 Å². The van der Waals surface area contributed by atoms with Crippen molar-refractivity contribution >= 4 is 113 Å². The lowest BCUT2D eigenvalue weighted by molar-refractivity contribution is 0.674. The zero-order chi connectivity index (χ0) is 32.8. The van der Waals surface area contributed by atoms with Crippen molar-refractivity contribution in [2.45, 2.75) is 0 Å². The van der Waals surface area contributed by atoms with E-state index in [1.807, 2.05) is 22.7 Å². The summed E-state index contributed by atoms with van der Waals surface area (Å²) in [5, 5.41) is 9.78. The van der Waals surface area contributed by atoms with Crippen LogP contribution in [0.15, 0.2) is 168 Å². The summed E-state index contributed by atoms with van der Waals surface area (Å²) in [4.78, 5) is 2.44. The molecule has 0 atom stereocenters. The molecule has 0 fully saturated rings. The lowest BCUT2D eigenvalue weighted by Gasteiger charge is -2.27. The van der Waals surface area contributed by atoms with Gasteiger partial charge in [0.15, 0.2) is 0 Å². The van der Waals surface area contributed by atoms with E-state index >= 15 is 0 Å². The predicted molar refractivity (Wildman–Crippen MR) is 217 cm³/mol. The minimum Gasteiger partial charge on any atom is -0.455 e. The van der Waals surface area contributed by atoms with E-state index in [2.05, 4.69) is 169 Å². The Kier molecular flexibility index (Phi) is 6.03. The Bertz CT molecular complexity index is 3110. The molecule has 234 valence electrons. The van der Waals surface area contributed by atoms with Gasteiger partial charge in [-0.2, -0.15) is 0 Å². The van der Waals surface area contributed by atoms with Crippen LogP contribution in [-0.2, 0) is 0 Å². The van der Waals surface area contributed by atoms with Gasteiger partial charge in [-0.05, 0) is 71.6 Å². The molecule has 50 heavy (non-hydrogen) atoms. The smallest absolute Gasteiger partial charge is 0.143 e. The van der Waals surface area contributed by atoms with E-state index in [-0.39, 0.29) is 0 Å². The molecule has 4 heteroatoms. The van der Waals surface area contributed by atoms with Crippen molar-refractivity contribution in [3.8, 4) is 11.1 Å². The molecule has 0 N–H and O–H groups in total. The average molecular weight is 674 g/mol. The molecule has 3 heterocycles. The van der Waals surface area contributed by atoms with Gasteiger partial charge < -0.3 is 9.32 Å².